The summed E-state index contributed by atoms with van der Waals surface area (Å²) < 4.78 is 0. The van der Waals surface area contributed by atoms with E-state index in [0.29, 0.717) is 11.7 Å². The Morgan fingerprint density at radius 2 is 1.89 bits per heavy atom. The van der Waals surface area contributed by atoms with Gasteiger partial charge in [-0.25, -0.2) is 0 Å². The number of thiol groups is 1. The van der Waals surface area contributed by atoms with Crippen molar-refractivity contribution in [2.75, 3.05) is 12.3 Å². The number of rotatable bonds is 5. The third kappa shape index (κ3) is 5.29. The van der Waals surface area contributed by atoms with Gasteiger partial charge in [-0.05, 0) is 24.7 Å². The van der Waals surface area contributed by atoms with Gasteiger partial charge in [0.2, 0.25) is 11.8 Å². The maximum atomic E-state index is 11.8. The van der Waals surface area contributed by atoms with Crippen LogP contribution in [0.15, 0.2) is 0 Å². The lowest BCUT2D eigenvalue weighted by atomic mass is 9.83. The fraction of sp³-hybridized carbons (Fsp3) is 0.846. The van der Waals surface area contributed by atoms with Crippen molar-refractivity contribution in [3.63, 3.8) is 0 Å². The summed E-state index contributed by atoms with van der Waals surface area (Å²) >= 11 is 4.09. The molecule has 0 aromatic carbocycles. The average Bonchev–Trinajstić information content (AvgIpc) is 2.34. The molecule has 0 aromatic heterocycles. The van der Waals surface area contributed by atoms with Crippen molar-refractivity contribution in [1.29, 1.82) is 0 Å². The highest BCUT2D eigenvalue weighted by molar-refractivity contribution is 7.80. The molecule has 1 aliphatic carbocycles. The lowest BCUT2D eigenvalue weighted by molar-refractivity contribution is -0.127. The highest BCUT2D eigenvalue weighted by Crippen LogP contribution is 2.27. The molecule has 0 radical (unpaired) electrons. The van der Waals surface area contributed by atoms with Gasteiger partial charge < -0.3 is 10.6 Å². The quantitative estimate of drug-likeness (QED) is 0.662. The minimum Gasteiger partial charge on any atom is -0.354 e. The van der Waals surface area contributed by atoms with Crippen molar-refractivity contribution < 1.29 is 9.59 Å². The zero-order valence-electron chi connectivity index (χ0n) is 11.2. The van der Waals surface area contributed by atoms with Crippen LogP contribution in [-0.2, 0) is 9.59 Å². The largest absolute Gasteiger partial charge is 0.354 e. The Bertz CT molecular complexity index is 289. The van der Waals surface area contributed by atoms with E-state index >= 15 is 0 Å². The van der Waals surface area contributed by atoms with Crippen LogP contribution < -0.4 is 10.6 Å². The maximum Gasteiger partial charge on any atom is 0.243 e. The highest BCUT2D eigenvalue weighted by Gasteiger charge is 2.21. The van der Waals surface area contributed by atoms with E-state index < -0.39 is 6.04 Å². The molecule has 0 spiro atoms. The van der Waals surface area contributed by atoms with Crippen molar-refractivity contribution in [3.8, 4) is 0 Å². The van der Waals surface area contributed by atoms with Crippen molar-refractivity contribution >= 4 is 24.4 Å². The minimum absolute atomic E-state index is 0.126. The molecule has 1 unspecified atom stereocenters. The highest BCUT2D eigenvalue weighted by atomic mass is 32.1. The predicted molar refractivity (Wildman–Crippen MR) is 75.6 cm³/mol. The first-order chi connectivity index (χ1) is 8.52. The number of nitrogens with one attached hydrogen (secondary N) is 2. The molecule has 1 aliphatic rings. The number of carbonyl (C=O) groups excluding carboxylic acids is 2. The van der Waals surface area contributed by atoms with Crippen LogP contribution in [0.3, 0.4) is 0 Å². The molecule has 1 fully saturated rings. The normalized spacial score (nSPS) is 25.3. The zero-order chi connectivity index (χ0) is 13.5. The first-order valence-electron chi connectivity index (χ1n) is 6.68. The smallest absolute Gasteiger partial charge is 0.243 e. The number of carbonyl (C=O) groups is 2. The fourth-order valence-corrected chi connectivity index (χ4v) is 2.60. The first-order valence-corrected chi connectivity index (χ1v) is 7.31. The Hall–Kier alpha value is -0.710. The summed E-state index contributed by atoms with van der Waals surface area (Å²) in [7, 11) is 0. The Kier molecular flexibility index (Phi) is 6.54. The van der Waals surface area contributed by atoms with Gasteiger partial charge in [0.05, 0.1) is 0 Å². The van der Waals surface area contributed by atoms with Crippen molar-refractivity contribution in [2.24, 2.45) is 11.8 Å². The molecule has 1 rings (SSSR count). The number of amides is 2. The predicted octanol–water partition coefficient (Wildman–Crippen LogP) is 1.36. The first kappa shape index (κ1) is 15.3. The maximum absolute atomic E-state index is 11.8. The van der Waals surface area contributed by atoms with Gasteiger partial charge in [0.25, 0.3) is 0 Å². The standard InChI is InChI=1S/C13H24N2O2S/c1-9-3-5-11(6-4-9)7-14-13(17)12(8-18)15-10(2)16/h9,11-12,18H,3-8H2,1-2H3,(H,14,17)(H,15,16). The van der Waals surface area contributed by atoms with Crippen molar-refractivity contribution in [3.05, 3.63) is 0 Å². The average molecular weight is 272 g/mol. The molecular weight excluding hydrogens is 248 g/mol. The summed E-state index contributed by atoms with van der Waals surface area (Å²) in [5.74, 6) is 1.41. The molecule has 0 aliphatic heterocycles. The SMILES string of the molecule is CC(=O)NC(CS)C(=O)NCC1CCC(C)CC1. The van der Waals surface area contributed by atoms with Gasteiger partial charge in [0.15, 0.2) is 0 Å². The number of hydrogen-bond donors (Lipinski definition) is 3. The molecule has 5 heteroatoms. The summed E-state index contributed by atoms with van der Waals surface area (Å²) in [5, 5.41) is 5.52. The molecule has 0 heterocycles. The second-order valence-corrected chi connectivity index (χ2v) is 5.67. The van der Waals surface area contributed by atoms with E-state index in [1.54, 1.807) is 0 Å². The molecule has 1 saturated carbocycles. The molecule has 1 atom stereocenters. The van der Waals surface area contributed by atoms with Gasteiger partial charge in [-0.3, -0.25) is 9.59 Å². The third-order valence-electron chi connectivity index (χ3n) is 3.58. The fourth-order valence-electron chi connectivity index (χ4n) is 2.34. The van der Waals surface area contributed by atoms with Crippen LogP contribution >= 0.6 is 12.6 Å². The molecule has 0 bridgehead atoms. The molecule has 2 N–H and O–H groups in total. The van der Waals surface area contributed by atoms with E-state index in [0.717, 1.165) is 12.5 Å². The van der Waals surface area contributed by atoms with Crippen LogP contribution in [0, 0.1) is 11.8 Å². The second kappa shape index (κ2) is 7.67. The Morgan fingerprint density at radius 1 is 1.28 bits per heavy atom. The second-order valence-electron chi connectivity index (χ2n) is 5.31. The van der Waals surface area contributed by atoms with Crippen LogP contribution in [0.5, 0.6) is 0 Å². The van der Waals surface area contributed by atoms with Crippen molar-refractivity contribution in [2.45, 2.75) is 45.6 Å². The lowest BCUT2D eigenvalue weighted by Gasteiger charge is -2.26. The lowest BCUT2D eigenvalue weighted by Crippen LogP contribution is -2.48. The van der Waals surface area contributed by atoms with Crippen LogP contribution in [0.25, 0.3) is 0 Å². The van der Waals surface area contributed by atoms with E-state index in [1.165, 1.54) is 32.6 Å². The Balaban J connectivity index is 2.28. The third-order valence-corrected chi connectivity index (χ3v) is 3.94. The summed E-state index contributed by atoms with van der Waals surface area (Å²) in [6.45, 7) is 4.41. The van der Waals surface area contributed by atoms with Crippen LogP contribution in [0.4, 0.5) is 0 Å². The molecule has 0 saturated heterocycles. The van der Waals surface area contributed by atoms with Crippen LogP contribution in [0.1, 0.15) is 39.5 Å². The topological polar surface area (TPSA) is 58.2 Å². The summed E-state index contributed by atoms with van der Waals surface area (Å²) in [6, 6.07) is -0.520. The zero-order valence-corrected chi connectivity index (χ0v) is 12.1. The van der Waals surface area contributed by atoms with Crippen LogP contribution in [0.2, 0.25) is 0 Å². The minimum atomic E-state index is -0.520. The van der Waals surface area contributed by atoms with Gasteiger partial charge in [-0.2, -0.15) is 12.6 Å². The van der Waals surface area contributed by atoms with E-state index in [9.17, 15) is 9.59 Å². The van der Waals surface area contributed by atoms with Gasteiger partial charge in [-0.1, -0.05) is 19.8 Å². The summed E-state index contributed by atoms with van der Waals surface area (Å²) in [5.41, 5.74) is 0. The van der Waals surface area contributed by atoms with Gasteiger partial charge in [-0.15, -0.1) is 0 Å². The molecule has 0 aromatic rings. The van der Waals surface area contributed by atoms with Gasteiger partial charge in [0.1, 0.15) is 6.04 Å². The van der Waals surface area contributed by atoms with Crippen LogP contribution in [-0.4, -0.2) is 30.2 Å². The molecule has 2 amide bonds. The molecule has 4 nitrogen and oxygen atoms in total. The molecule has 18 heavy (non-hydrogen) atoms. The molecule has 104 valence electrons. The monoisotopic (exact) mass is 272 g/mol. The number of hydrogen-bond acceptors (Lipinski definition) is 3. The molecular formula is C13H24N2O2S. The Labute approximate surface area is 115 Å². The van der Waals surface area contributed by atoms with Crippen molar-refractivity contribution in [1.82, 2.24) is 10.6 Å². The van der Waals surface area contributed by atoms with E-state index in [-0.39, 0.29) is 11.8 Å². The summed E-state index contributed by atoms with van der Waals surface area (Å²) in [4.78, 5) is 22.8. The van der Waals surface area contributed by atoms with E-state index in [1.807, 2.05) is 0 Å². The van der Waals surface area contributed by atoms with Gasteiger partial charge >= 0.3 is 0 Å². The van der Waals surface area contributed by atoms with E-state index in [2.05, 4.69) is 30.2 Å². The Morgan fingerprint density at radius 3 is 2.39 bits per heavy atom. The van der Waals surface area contributed by atoms with Gasteiger partial charge in [0, 0.05) is 19.2 Å². The summed E-state index contributed by atoms with van der Waals surface area (Å²) in [6.07, 6.45) is 4.88. The van der Waals surface area contributed by atoms with E-state index in [4.69, 9.17) is 0 Å².